The van der Waals surface area contributed by atoms with Crippen molar-refractivity contribution < 1.29 is 4.79 Å². The van der Waals surface area contributed by atoms with E-state index in [1.165, 1.54) is 11.3 Å². The van der Waals surface area contributed by atoms with Crippen LogP contribution in [0.3, 0.4) is 0 Å². The highest BCUT2D eigenvalue weighted by Crippen LogP contribution is 2.32. The molecule has 1 N–H and O–H groups in total. The molecule has 0 aromatic heterocycles. The van der Waals surface area contributed by atoms with Crippen LogP contribution in [0.1, 0.15) is 18.4 Å². The van der Waals surface area contributed by atoms with Gasteiger partial charge in [0, 0.05) is 30.9 Å². The van der Waals surface area contributed by atoms with Crippen LogP contribution in [0.15, 0.2) is 18.2 Å². The second kappa shape index (κ2) is 3.51. The Morgan fingerprint density at radius 3 is 3.00 bits per heavy atom. The van der Waals surface area contributed by atoms with Gasteiger partial charge >= 0.3 is 0 Å². The average Bonchev–Trinajstić information content (AvgIpc) is 3.05. The first-order chi connectivity index (χ1) is 7.74. The maximum absolute atomic E-state index is 11.6. The van der Waals surface area contributed by atoms with E-state index in [1.807, 2.05) is 6.07 Å². The Morgan fingerprint density at radius 1 is 1.44 bits per heavy atom. The molecule has 1 fully saturated rings. The summed E-state index contributed by atoms with van der Waals surface area (Å²) in [4.78, 5) is 13.9. The normalized spacial score (nSPS) is 18.4. The van der Waals surface area contributed by atoms with Crippen molar-refractivity contribution in [1.82, 2.24) is 0 Å². The maximum atomic E-state index is 11.6. The molecular formula is C13H16N2O. The average molecular weight is 216 g/mol. The third-order valence-electron chi connectivity index (χ3n) is 3.42. The predicted molar refractivity (Wildman–Crippen MR) is 64.8 cm³/mol. The zero-order valence-electron chi connectivity index (χ0n) is 9.49. The van der Waals surface area contributed by atoms with Gasteiger partial charge in [0.05, 0.1) is 0 Å². The van der Waals surface area contributed by atoms with Crippen LogP contribution >= 0.6 is 0 Å². The standard InChI is InChI=1S/C13H16N2O/c1-15-7-6-10-8-11(4-5-12(10)15)14-13(16)9-2-3-9/h4-5,8-9H,2-3,6-7H2,1H3,(H,14,16). The molecule has 1 aromatic carbocycles. The topological polar surface area (TPSA) is 32.3 Å². The van der Waals surface area contributed by atoms with Gasteiger partial charge in [-0.3, -0.25) is 4.79 Å². The molecule has 0 saturated heterocycles. The quantitative estimate of drug-likeness (QED) is 0.820. The van der Waals surface area contributed by atoms with Crippen molar-refractivity contribution in [2.45, 2.75) is 19.3 Å². The second-order valence-corrected chi connectivity index (χ2v) is 4.78. The number of amides is 1. The number of nitrogens with one attached hydrogen (secondary N) is 1. The zero-order chi connectivity index (χ0) is 11.1. The molecule has 3 heteroatoms. The van der Waals surface area contributed by atoms with Gasteiger partial charge in [-0.2, -0.15) is 0 Å². The molecule has 0 spiro atoms. The summed E-state index contributed by atoms with van der Waals surface area (Å²) < 4.78 is 0. The van der Waals surface area contributed by atoms with Crippen LogP contribution in [0.25, 0.3) is 0 Å². The number of hydrogen-bond donors (Lipinski definition) is 1. The maximum Gasteiger partial charge on any atom is 0.227 e. The van der Waals surface area contributed by atoms with Crippen molar-refractivity contribution in [3.63, 3.8) is 0 Å². The third kappa shape index (κ3) is 1.66. The van der Waals surface area contributed by atoms with Crippen molar-refractivity contribution in [3.8, 4) is 0 Å². The van der Waals surface area contributed by atoms with Gasteiger partial charge in [-0.1, -0.05) is 0 Å². The molecule has 84 valence electrons. The van der Waals surface area contributed by atoms with E-state index < -0.39 is 0 Å². The molecule has 1 heterocycles. The van der Waals surface area contributed by atoms with Crippen LogP contribution in [-0.2, 0) is 11.2 Å². The van der Waals surface area contributed by atoms with E-state index in [0.717, 1.165) is 31.5 Å². The van der Waals surface area contributed by atoms with Gasteiger partial charge in [0.25, 0.3) is 0 Å². The van der Waals surface area contributed by atoms with Crippen molar-refractivity contribution in [2.24, 2.45) is 5.92 Å². The van der Waals surface area contributed by atoms with E-state index in [0.29, 0.717) is 0 Å². The Kier molecular flexibility index (Phi) is 2.13. The van der Waals surface area contributed by atoms with Crippen LogP contribution in [0, 0.1) is 5.92 Å². The van der Waals surface area contributed by atoms with Crippen LogP contribution in [0.5, 0.6) is 0 Å². The number of benzene rings is 1. The molecule has 0 radical (unpaired) electrons. The van der Waals surface area contributed by atoms with Gasteiger partial charge in [-0.05, 0) is 43.0 Å². The highest BCUT2D eigenvalue weighted by Gasteiger charge is 2.29. The Hall–Kier alpha value is -1.51. The van der Waals surface area contributed by atoms with Gasteiger partial charge < -0.3 is 10.2 Å². The molecule has 1 amide bonds. The Bertz CT molecular complexity index is 438. The highest BCUT2D eigenvalue weighted by atomic mass is 16.2. The van der Waals surface area contributed by atoms with Crippen LogP contribution in [0.2, 0.25) is 0 Å². The van der Waals surface area contributed by atoms with E-state index >= 15 is 0 Å². The molecule has 2 aliphatic rings. The molecule has 16 heavy (non-hydrogen) atoms. The Labute approximate surface area is 95.4 Å². The summed E-state index contributed by atoms with van der Waals surface area (Å²) in [5, 5.41) is 2.99. The first-order valence-electron chi connectivity index (χ1n) is 5.89. The molecular weight excluding hydrogens is 200 g/mol. The summed E-state index contributed by atoms with van der Waals surface area (Å²) in [6, 6.07) is 6.21. The highest BCUT2D eigenvalue weighted by molar-refractivity contribution is 5.94. The summed E-state index contributed by atoms with van der Waals surface area (Å²) in [5.41, 5.74) is 3.59. The monoisotopic (exact) mass is 216 g/mol. The smallest absolute Gasteiger partial charge is 0.227 e. The molecule has 0 unspecified atom stereocenters. The summed E-state index contributed by atoms with van der Waals surface area (Å²) in [6.07, 6.45) is 3.19. The first-order valence-corrected chi connectivity index (χ1v) is 5.89. The number of hydrogen-bond acceptors (Lipinski definition) is 2. The van der Waals surface area contributed by atoms with Gasteiger partial charge in [0.2, 0.25) is 5.91 Å². The minimum atomic E-state index is 0.186. The van der Waals surface area contributed by atoms with E-state index in [1.54, 1.807) is 0 Å². The van der Waals surface area contributed by atoms with Crippen LogP contribution in [0.4, 0.5) is 11.4 Å². The van der Waals surface area contributed by atoms with Crippen LogP contribution < -0.4 is 10.2 Å². The molecule has 1 aliphatic heterocycles. The Morgan fingerprint density at radius 2 is 2.25 bits per heavy atom. The summed E-state index contributed by atoms with van der Waals surface area (Å²) in [7, 11) is 2.11. The lowest BCUT2D eigenvalue weighted by atomic mass is 10.1. The Balaban J connectivity index is 1.79. The first kappa shape index (κ1) is 9.70. The minimum absolute atomic E-state index is 0.186. The number of rotatable bonds is 2. The van der Waals surface area contributed by atoms with Crippen molar-refractivity contribution >= 4 is 17.3 Å². The van der Waals surface area contributed by atoms with Gasteiger partial charge in [0.15, 0.2) is 0 Å². The van der Waals surface area contributed by atoms with Gasteiger partial charge in [0.1, 0.15) is 0 Å². The minimum Gasteiger partial charge on any atom is -0.374 e. The number of carbonyl (C=O) groups excluding carboxylic acids is 1. The summed E-state index contributed by atoms with van der Waals surface area (Å²) in [6.45, 7) is 1.08. The van der Waals surface area contributed by atoms with E-state index in [2.05, 4.69) is 29.4 Å². The molecule has 1 saturated carbocycles. The second-order valence-electron chi connectivity index (χ2n) is 4.78. The molecule has 3 rings (SSSR count). The van der Waals surface area contributed by atoms with Crippen molar-refractivity contribution in [1.29, 1.82) is 0 Å². The molecule has 3 nitrogen and oxygen atoms in total. The fourth-order valence-electron chi connectivity index (χ4n) is 2.23. The largest absolute Gasteiger partial charge is 0.374 e. The lowest BCUT2D eigenvalue weighted by molar-refractivity contribution is -0.117. The predicted octanol–water partition coefficient (Wildman–Crippen LogP) is 2.03. The van der Waals surface area contributed by atoms with Gasteiger partial charge in [-0.15, -0.1) is 0 Å². The van der Waals surface area contributed by atoms with E-state index in [-0.39, 0.29) is 11.8 Å². The fraction of sp³-hybridized carbons (Fsp3) is 0.462. The number of fused-ring (bicyclic) bond motifs is 1. The van der Waals surface area contributed by atoms with Crippen molar-refractivity contribution in [2.75, 3.05) is 23.8 Å². The lowest BCUT2D eigenvalue weighted by Gasteiger charge is -2.12. The molecule has 0 atom stereocenters. The summed E-state index contributed by atoms with van der Waals surface area (Å²) in [5.74, 6) is 0.460. The van der Waals surface area contributed by atoms with Gasteiger partial charge in [-0.25, -0.2) is 0 Å². The van der Waals surface area contributed by atoms with E-state index in [9.17, 15) is 4.79 Å². The van der Waals surface area contributed by atoms with Crippen molar-refractivity contribution in [3.05, 3.63) is 23.8 Å². The SMILES string of the molecule is CN1CCc2cc(NC(=O)C3CC3)ccc21. The van der Waals surface area contributed by atoms with Crippen LogP contribution in [-0.4, -0.2) is 19.5 Å². The fourth-order valence-corrected chi connectivity index (χ4v) is 2.23. The molecule has 0 bridgehead atoms. The lowest BCUT2D eigenvalue weighted by Crippen LogP contribution is -2.13. The number of likely N-dealkylation sites (N-methyl/N-ethyl adjacent to an activating group) is 1. The zero-order valence-corrected chi connectivity index (χ0v) is 9.49. The summed E-state index contributed by atoms with van der Waals surface area (Å²) >= 11 is 0. The van der Waals surface area contributed by atoms with E-state index in [4.69, 9.17) is 0 Å². The number of nitrogens with zero attached hydrogens (tertiary/aromatic N) is 1. The molecule has 1 aromatic rings. The third-order valence-corrected chi connectivity index (χ3v) is 3.42. The number of anilines is 2. The molecule has 1 aliphatic carbocycles. The number of carbonyl (C=O) groups is 1.